The van der Waals surface area contributed by atoms with Gasteiger partial charge in [-0.3, -0.25) is 9.59 Å². The molecule has 0 fully saturated rings. The molecule has 29 heavy (non-hydrogen) atoms. The zero-order chi connectivity index (χ0) is 22.1. The molecule has 0 saturated heterocycles. The van der Waals surface area contributed by atoms with Crippen molar-refractivity contribution in [2.45, 2.75) is 53.8 Å². The molecule has 0 aliphatic carbocycles. The number of carbonyl (C=O) groups excluding carboxylic acids is 4. The molecule has 2 N–H and O–H groups in total. The van der Waals surface area contributed by atoms with Crippen LogP contribution in [0.15, 0.2) is 12.1 Å². The van der Waals surface area contributed by atoms with Crippen molar-refractivity contribution in [1.29, 1.82) is 0 Å². The number of carbonyl (C=O) groups is 4. The first-order valence-electron chi connectivity index (χ1n) is 9.58. The van der Waals surface area contributed by atoms with Gasteiger partial charge in [0.2, 0.25) is 0 Å². The summed E-state index contributed by atoms with van der Waals surface area (Å²) < 4.78 is 10.3. The van der Waals surface area contributed by atoms with Crippen LogP contribution in [0.2, 0.25) is 0 Å². The zero-order valence-corrected chi connectivity index (χ0v) is 18.6. The Kier molecular flexibility index (Phi) is 9.80. The van der Waals surface area contributed by atoms with Crippen LogP contribution >= 0.6 is 11.3 Å². The number of nitrogens with one attached hydrogen (secondary N) is 2. The fourth-order valence-corrected chi connectivity index (χ4v) is 2.77. The van der Waals surface area contributed by atoms with Crippen molar-refractivity contribution < 1.29 is 28.7 Å². The molecule has 0 aromatic carbocycles. The second-order valence-corrected chi connectivity index (χ2v) is 8.62. The van der Waals surface area contributed by atoms with Crippen LogP contribution in [-0.4, -0.2) is 49.1 Å². The van der Waals surface area contributed by atoms with Gasteiger partial charge in [-0.2, -0.15) is 0 Å². The van der Waals surface area contributed by atoms with Crippen molar-refractivity contribution >= 4 is 35.1 Å². The van der Waals surface area contributed by atoms with Gasteiger partial charge in [0.05, 0.1) is 0 Å². The van der Waals surface area contributed by atoms with Gasteiger partial charge in [0, 0.05) is 13.1 Å². The van der Waals surface area contributed by atoms with Gasteiger partial charge in [0.15, 0.2) is 12.2 Å². The van der Waals surface area contributed by atoms with E-state index < -0.39 is 24.1 Å². The Morgan fingerprint density at radius 1 is 0.759 bits per heavy atom. The summed E-state index contributed by atoms with van der Waals surface area (Å²) in [5.74, 6) is -1.62. The molecule has 2 amide bonds. The number of ether oxygens (including phenoxy) is 2. The maximum absolute atomic E-state index is 12.2. The average Bonchev–Trinajstić information content (AvgIpc) is 3.14. The standard InChI is InChI=1S/C20H30N2O6S/c1-11(2)9-21-17(23)13(5)27-19(25)15-7-8-16(29-15)20(26)28-14(6)18(24)22-10-12(3)4/h7-8,11-14H,9-10H2,1-6H3,(H,21,23)(H,22,24)/t13-,14+. The second-order valence-electron chi connectivity index (χ2n) is 7.54. The lowest BCUT2D eigenvalue weighted by molar-refractivity contribution is -0.129. The third-order valence-electron chi connectivity index (χ3n) is 3.68. The third-order valence-corrected chi connectivity index (χ3v) is 4.73. The molecule has 9 heteroatoms. The van der Waals surface area contributed by atoms with E-state index in [1.807, 2.05) is 27.7 Å². The van der Waals surface area contributed by atoms with Crippen molar-refractivity contribution in [2.75, 3.05) is 13.1 Å². The topological polar surface area (TPSA) is 111 Å². The Balaban J connectivity index is 2.59. The van der Waals surface area contributed by atoms with Crippen molar-refractivity contribution in [3.05, 3.63) is 21.9 Å². The Hall–Kier alpha value is -2.42. The summed E-state index contributed by atoms with van der Waals surface area (Å²) >= 11 is 0.881. The Bertz CT molecular complexity index is 670. The highest BCUT2D eigenvalue weighted by molar-refractivity contribution is 7.15. The third kappa shape index (κ3) is 8.64. The van der Waals surface area contributed by atoms with Crippen LogP contribution in [0.5, 0.6) is 0 Å². The van der Waals surface area contributed by atoms with Crippen molar-refractivity contribution in [1.82, 2.24) is 10.6 Å². The summed E-state index contributed by atoms with van der Waals surface area (Å²) in [6.07, 6.45) is -1.91. The predicted octanol–water partition coefficient (Wildman–Crippen LogP) is 2.38. The Morgan fingerprint density at radius 3 is 1.41 bits per heavy atom. The number of hydrogen-bond acceptors (Lipinski definition) is 7. The van der Waals surface area contributed by atoms with E-state index in [1.165, 1.54) is 26.0 Å². The highest BCUT2D eigenvalue weighted by atomic mass is 32.1. The fraction of sp³-hybridized carbons (Fsp3) is 0.600. The molecular formula is C20H30N2O6S. The summed E-state index contributed by atoms with van der Waals surface area (Å²) in [6.45, 7) is 11.8. The zero-order valence-electron chi connectivity index (χ0n) is 17.7. The van der Waals surface area contributed by atoms with Crippen LogP contribution in [0.1, 0.15) is 60.9 Å². The highest BCUT2D eigenvalue weighted by Crippen LogP contribution is 2.19. The monoisotopic (exact) mass is 426 g/mol. The Labute approximate surface area is 175 Å². The van der Waals surface area contributed by atoms with E-state index in [2.05, 4.69) is 10.6 Å². The summed E-state index contributed by atoms with van der Waals surface area (Å²) in [7, 11) is 0. The molecule has 0 aliphatic rings. The first kappa shape index (κ1) is 24.6. The molecule has 0 aliphatic heterocycles. The second kappa shape index (κ2) is 11.5. The van der Waals surface area contributed by atoms with E-state index in [4.69, 9.17) is 9.47 Å². The first-order valence-corrected chi connectivity index (χ1v) is 10.4. The van der Waals surface area contributed by atoms with Gasteiger partial charge in [-0.1, -0.05) is 27.7 Å². The van der Waals surface area contributed by atoms with Crippen LogP contribution in [0.3, 0.4) is 0 Å². The van der Waals surface area contributed by atoms with Crippen molar-refractivity contribution in [3.8, 4) is 0 Å². The smallest absolute Gasteiger partial charge is 0.349 e. The summed E-state index contributed by atoms with van der Waals surface area (Å²) in [5.41, 5.74) is 0. The van der Waals surface area contributed by atoms with Gasteiger partial charge >= 0.3 is 11.9 Å². The van der Waals surface area contributed by atoms with Gasteiger partial charge in [-0.25, -0.2) is 9.59 Å². The van der Waals surface area contributed by atoms with Crippen LogP contribution in [0.4, 0.5) is 0 Å². The molecular weight excluding hydrogens is 396 g/mol. The highest BCUT2D eigenvalue weighted by Gasteiger charge is 2.23. The lowest BCUT2D eigenvalue weighted by Crippen LogP contribution is -2.37. The van der Waals surface area contributed by atoms with E-state index >= 15 is 0 Å². The SMILES string of the molecule is CC(C)CNC(=O)[C@H](C)OC(=O)c1ccc(C(=O)O[C@H](C)C(=O)NCC(C)C)s1. The van der Waals surface area contributed by atoms with Crippen LogP contribution in [0.25, 0.3) is 0 Å². The van der Waals surface area contributed by atoms with E-state index in [0.717, 1.165) is 11.3 Å². The minimum Gasteiger partial charge on any atom is -0.448 e. The first-order chi connectivity index (χ1) is 13.5. The molecule has 162 valence electrons. The lowest BCUT2D eigenvalue weighted by Gasteiger charge is -2.14. The van der Waals surface area contributed by atoms with Crippen LogP contribution in [-0.2, 0) is 19.1 Å². The quantitative estimate of drug-likeness (QED) is 0.556. The maximum atomic E-state index is 12.2. The number of hydrogen-bond donors (Lipinski definition) is 2. The van der Waals surface area contributed by atoms with Gasteiger partial charge in [-0.05, 0) is 37.8 Å². The summed E-state index contributed by atoms with van der Waals surface area (Å²) in [5, 5.41) is 5.37. The molecule has 1 heterocycles. The average molecular weight is 427 g/mol. The number of amides is 2. The molecule has 0 unspecified atom stereocenters. The van der Waals surface area contributed by atoms with Crippen molar-refractivity contribution in [3.63, 3.8) is 0 Å². The van der Waals surface area contributed by atoms with Gasteiger partial charge in [0.1, 0.15) is 9.75 Å². The van der Waals surface area contributed by atoms with E-state index in [-0.39, 0.29) is 33.4 Å². The molecule has 0 saturated carbocycles. The normalized spacial score (nSPS) is 13.0. The van der Waals surface area contributed by atoms with Gasteiger partial charge in [-0.15, -0.1) is 11.3 Å². The van der Waals surface area contributed by atoms with E-state index in [9.17, 15) is 19.2 Å². The number of rotatable bonds is 10. The molecule has 1 aromatic rings. The van der Waals surface area contributed by atoms with Gasteiger partial charge < -0.3 is 20.1 Å². The predicted molar refractivity (Wildman–Crippen MR) is 110 cm³/mol. The maximum Gasteiger partial charge on any atom is 0.349 e. The lowest BCUT2D eigenvalue weighted by atomic mass is 10.2. The number of esters is 2. The van der Waals surface area contributed by atoms with Crippen molar-refractivity contribution in [2.24, 2.45) is 11.8 Å². The molecule has 0 bridgehead atoms. The van der Waals surface area contributed by atoms with Gasteiger partial charge in [0.25, 0.3) is 11.8 Å². The Morgan fingerprint density at radius 2 is 1.10 bits per heavy atom. The van der Waals surface area contributed by atoms with E-state index in [1.54, 1.807) is 0 Å². The minimum atomic E-state index is -0.955. The molecule has 2 atom stereocenters. The molecule has 0 spiro atoms. The van der Waals surface area contributed by atoms with Crippen LogP contribution in [0, 0.1) is 11.8 Å². The summed E-state index contributed by atoms with van der Waals surface area (Å²) in [6, 6.07) is 2.84. The molecule has 0 radical (unpaired) electrons. The van der Waals surface area contributed by atoms with E-state index in [0.29, 0.717) is 13.1 Å². The molecule has 1 rings (SSSR count). The number of thiophene rings is 1. The fourth-order valence-electron chi connectivity index (χ4n) is 2.00. The minimum absolute atomic E-state index is 0.164. The summed E-state index contributed by atoms with van der Waals surface area (Å²) in [4.78, 5) is 48.6. The molecule has 1 aromatic heterocycles. The van der Waals surface area contributed by atoms with Crippen LogP contribution < -0.4 is 10.6 Å². The largest absolute Gasteiger partial charge is 0.448 e. The molecule has 8 nitrogen and oxygen atoms in total.